The highest BCUT2D eigenvalue weighted by Crippen LogP contribution is 2.31. The van der Waals surface area contributed by atoms with Gasteiger partial charge in [0.25, 0.3) is 5.01 Å². The van der Waals surface area contributed by atoms with Crippen molar-refractivity contribution in [1.82, 2.24) is 0 Å². The highest BCUT2D eigenvalue weighted by Gasteiger charge is 2.19. The number of rotatable bonds is 19. The Hall–Kier alpha value is -2.37. The van der Waals surface area contributed by atoms with Gasteiger partial charge in [0.1, 0.15) is 12.3 Å². The van der Waals surface area contributed by atoms with Crippen molar-refractivity contribution >= 4 is 34.5 Å². The summed E-state index contributed by atoms with van der Waals surface area (Å²) < 4.78 is 8.30. The fraction of sp³-hybridized carbons (Fsp3) is 0.515. The van der Waals surface area contributed by atoms with E-state index < -0.39 is 0 Å². The molecule has 0 aliphatic carbocycles. The lowest BCUT2D eigenvalue weighted by atomic mass is 10.1. The van der Waals surface area contributed by atoms with Crippen molar-refractivity contribution in [3.8, 4) is 16.3 Å². The molecule has 2 aromatic carbocycles. The number of unbranched alkanes of at least 4 members (excludes halogenated alkanes) is 11. The molecule has 0 spiro atoms. The molecule has 1 amide bonds. The van der Waals surface area contributed by atoms with Crippen LogP contribution in [0.4, 0.5) is 5.69 Å². The van der Waals surface area contributed by atoms with E-state index in [-0.39, 0.29) is 12.3 Å². The zero-order valence-corrected chi connectivity index (χ0v) is 25.4. The van der Waals surface area contributed by atoms with Crippen LogP contribution in [-0.4, -0.2) is 12.5 Å². The van der Waals surface area contributed by atoms with Gasteiger partial charge in [0.15, 0.2) is 6.20 Å². The molecule has 3 rings (SSSR count). The highest BCUT2D eigenvalue weighted by atomic mass is 35.5. The summed E-state index contributed by atoms with van der Waals surface area (Å²) >= 11 is 8.17. The molecule has 0 saturated heterocycles. The maximum absolute atomic E-state index is 13.1. The normalized spacial score (nSPS) is 11.1. The predicted octanol–water partition coefficient (Wildman–Crippen LogP) is 9.64. The molecule has 0 fully saturated rings. The first-order valence-electron chi connectivity index (χ1n) is 14.9. The third-order valence-corrected chi connectivity index (χ3v) is 8.33. The Morgan fingerprint density at radius 3 is 2.23 bits per heavy atom. The zero-order valence-electron chi connectivity index (χ0n) is 23.9. The summed E-state index contributed by atoms with van der Waals surface area (Å²) in [6.45, 7) is 5.89. The molecule has 6 heteroatoms. The molecule has 0 aliphatic rings. The number of para-hydroxylation sites is 2. The van der Waals surface area contributed by atoms with Gasteiger partial charge in [-0.05, 0) is 31.5 Å². The third kappa shape index (κ3) is 10.6. The molecule has 0 aliphatic heterocycles. The van der Waals surface area contributed by atoms with Crippen LogP contribution in [0, 0.1) is 0 Å². The number of nitrogens with zero attached hydrogens (tertiary/aromatic N) is 1. The van der Waals surface area contributed by atoms with Crippen LogP contribution in [0.1, 0.15) is 96.5 Å². The highest BCUT2D eigenvalue weighted by molar-refractivity contribution is 7.12. The van der Waals surface area contributed by atoms with Crippen LogP contribution in [-0.2, 0) is 17.8 Å². The van der Waals surface area contributed by atoms with Crippen LogP contribution < -0.4 is 14.6 Å². The number of aryl methyl sites for hydroxylation is 1. The second kappa shape index (κ2) is 18.1. The van der Waals surface area contributed by atoms with Crippen molar-refractivity contribution < 1.29 is 14.1 Å². The molecule has 3 aromatic rings. The quantitative estimate of drug-likeness (QED) is 0.115. The maximum atomic E-state index is 13.1. The molecular weight excluding hydrogens is 524 g/mol. The number of halogens is 1. The molecule has 0 saturated carbocycles. The third-order valence-electron chi connectivity index (χ3n) is 7.10. The summed E-state index contributed by atoms with van der Waals surface area (Å²) in [5.74, 6) is 0.548. The van der Waals surface area contributed by atoms with Gasteiger partial charge in [0.05, 0.1) is 34.7 Å². The Bertz CT molecular complexity index is 1130. The van der Waals surface area contributed by atoms with Crippen LogP contribution in [0.5, 0.6) is 5.75 Å². The first-order chi connectivity index (χ1) is 19.1. The first kappa shape index (κ1) is 31.2. The van der Waals surface area contributed by atoms with Crippen LogP contribution >= 0.6 is 22.9 Å². The minimum Gasteiger partial charge on any atom is -0.492 e. The minimum atomic E-state index is -0.0838. The van der Waals surface area contributed by atoms with Gasteiger partial charge in [0.2, 0.25) is 5.91 Å². The molecule has 0 unspecified atom stereocenters. The van der Waals surface area contributed by atoms with Crippen LogP contribution in [0.25, 0.3) is 10.6 Å². The molecule has 1 N–H and O–H groups in total. The SMILES string of the molecule is CCCCCCCCCCCCCCOc1c(Cl)cccc1CC(=O)Nc1ccccc1-c1scc[n+]1CC. The first-order valence-corrected chi connectivity index (χ1v) is 16.2. The van der Waals surface area contributed by atoms with E-state index >= 15 is 0 Å². The predicted molar refractivity (Wildman–Crippen MR) is 166 cm³/mol. The average Bonchev–Trinajstić information content (AvgIpc) is 3.41. The van der Waals surface area contributed by atoms with Gasteiger partial charge in [-0.2, -0.15) is 4.57 Å². The van der Waals surface area contributed by atoms with E-state index in [0.717, 1.165) is 41.2 Å². The summed E-state index contributed by atoms with van der Waals surface area (Å²) in [7, 11) is 0. The second-order valence-corrected chi connectivity index (χ2v) is 11.5. The van der Waals surface area contributed by atoms with Gasteiger partial charge >= 0.3 is 0 Å². The standard InChI is InChI=1S/C33H45ClN2O2S/c1-3-5-6-7-8-9-10-11-12-13-14-17-24-38-32-27(19-18-21-29(32)34)26-31(37)35-30-22-16-15-20-28(30)33-36(4-2)23-25-39-33/h15-16,18-23,25H,3-14,17,24,26H2,1-2H3/p+1. The number of carbonyl (C=O) groups excluding carboxylic acids is 1. The van der Waals surface area contributed by atoms with Gasteiger partial charge in [0, 0.05) is 5.56 Å². The van der Waals surface area contributed by atoms with Crippen molar-refractivity contribution in [3.05, 3.63) is 64.6 Å². The largest absolute Gasteiger partial charge is 0.492 e. The number of ether oxygens (including phenoxy) is 1. The van der Waals surface area contributed by atoms with E-state index in [9.17, 15) is 4.79 Å². The van der Waals surface area contributed by atoms with Crippen LogP contribution in [0.2, 0.25) is 5.02 Å². The number of thiazole rings is 1. The lowest BCUT2D eigenvalue weighted by Crippen LogP contribution is -2.31. The summed E-state index contributed by atoms with van der Waals surface area (Å²) in [6.07, 6.45) is 18.0. The monoisotopic (exact) mass is 569 g/mol. The van der Waals surface area contributed by atoms with Crippen molar-refractivity contribution in [2.45, 2.75) is 104 Å². The molecule has 0 bridgehead atoms. The van der Waals surface area contributed by atoms with E-state index in [2.05, 4.69) is 41.4 Å². The number of benzene rings is 2. The molecule has 39 heavy (non-hydrogen) atoms. The van der Waals surface area contributed by atoms with E-state index in [1.54, 1.807) is 11.3 Å². The van der Waals surface area contributed by atoms with Crippen LogP contribution in [0.15, 0.2) is 54.0 Å². The number of hydrogen-bond acceptors (Lipinski definition) is 3. The maximum Gasteiger partial charge on any atom is 0.271 e. The van der Waals surface area contributed by atoms with Gasteiger partial charge in [-0.1, -0.05) is 125 Å². The summed E-state index contributed by atoms with van der Waals surface area (Å²) in [5, 5.41) is 6.88. The van der Waals surface area contributed by atoms with Gasteiger partial charge < -0.3 is 10.1 Å². The van der Waals surface area contributed by atoms with Crippen molar-refractivity contribution in [2.75, 3.05) is 11.9 Å². The molecule has 4 nitrogen and oxygen atoms in total. The fourth-order valence-electron chi connectivity index (χ4n) is 4.89. The number of nitrogens with one attached hydrogen (secondary N) is 1. The Labute approximate surface area is 244 Å². The molecule has 1 heterocycles. The topological polar surface area (TPSA) is 42.2 Å². The average molecular weight is 570 g/mol. The lowest BCUT2D eigenvalue weighted by Gasteiger charge is -2.14. The summed E-state index contributed by atoms with van der Waals surface area (Å²) in [6, 6.07) is 13.6. The Kier molecular flexibility index (Phi) is 14.4. The fourth-order valence-corrected chi connectivity index (χ4v) is 6.10. The van der Waals surface area contributed by atoms with E-state index in [0.29, 0.717) is 17.4 Å². The smallest absolute Gasteiger partial charge is 0.271 e. The van der Waals surface area contributed by atoms with Gasteiger partial charge in [-0.25, -0.2) is 0 Å². The van der Waals surface area contributed by atoms with Crippen LogP contribution in [0.3, 0.4) is 0 Å². The number of carbonyl (C=O) groups is 1. The van der Waals surface area contributed by atoms with Crippen molar-refractivity contribution in [3.63, 3.8) is 0 Å². The molecule has 0 atom stereocenters. The zero-order chi connectivity index (χ0) is 27.7. The minimum absolute atomic E-state index is 0.0838. The summed E-state index contributed by atoms with van der Waals surface area (Å²) in [4.78, 5) is 13.1. The number of amides is 1. The molecule has 0 radical (unpaired) electrons. The molecule has 1 aromatic heterocycles. The lowest BCUT2D eigenvalue weighted by molar-refractivity contribution is -0.678. The number of hydrogen-bond donors (Lipinski definition) is 1. The summed E-state index contributed by atoms with van der Waals surface area (Å²) in [5.41, 5.74) is 2.65. The van der Waals surface area contributed by atoms with Gasteiger partial charge in [-0.3, -0.25) is 4.79 Å². The Balaban J connectivity index is 1.43. The number of aromatic nitrogens is 1. The Morgan fingerprint density at radius 2 is 1.54 bits per heavy atom. The molecule has 212 valence electrons. The van der Waals surface area contributed by atoms with Crippen molar-refractivity contribution in [1.29, 1.82) is 0 Å². The molecular formula is C33H46ClN2O2S+. The Morgan fingerprint density at radius 1 is 0.872 bits per heavy atom. The van der Waals surface area contributed by atoms with E-state index in [1.165, 1.54) is 64.2 Å². The van der Waals surface area contributed by atoms with Crippen molar-refractivity contribution in [2.24, 2.45) is 0 Å². The van der Waals surface area contributed by atoms with E-state index in [1.807, 2.05) is 36.4 Å². The van der Waals surface area contributed by atoms with E-state index in [4.69, 9.17) is 16.3 Å². The second-order valence-electron chi connectivity index (χ2n) is 10.2. The van der Waals surface area contributed by atoms with Gasteiger partial charge in [-0.15, -0.1) is 0 Å². The number of anilines is 1.